The van der Waals surface area contributed by atoms with Crippen molar-refractivity contribution in [2.45, 2.75) is 64.1 Å². The zero-order valence-corrected chi connectivity index (χ0v) is 25.6. The topological polar surface area (TPSA) is 140 Å². The second kappa shape index (κ2) is 15.0. The molecule has 230 valence electrons. The number of benzene rings is 2. The number of aromatic nitrogens is 4. The van der Waals surface area contributed by atoms with Gasteiger partial charge in [-0.25, -0.2) is 4.98 Å². The first-order chi connectivity index (χ1) is 21.3. The number of nitro groups is 1. The molecule has 11 nitrogen and oxygen atoms in total. The number of nitrogens with zero attached hydrogens (tertiary/aromatic N) is 5. The van der Waals surface area contributed by atoms with Gasteiger partial charge in [0.2, 0.25) is 11.9 Å². The Balaban J connectivity index is 1.36. The predicted molar refractivity (Wildman–Crippen MR) is 171 cm³/mol. The van der Waals surface area contributed by atoms with Gasteiger partial charge in [0.25, 0.3) is 5.69 Å². The van der Waals surface area contributed by atoms with Gasteiger partial charge in [0.05, 0.1) is 4.92 Å². The largest absolute Gasteiger partial charge is 0.358 e. The highest BCUT2D eigenvalue weighted by Crippen LogP contribution is 2.29. The smallest absolute Gasteiger partial charge is 0.269 e. The Kier molecular flexibility index (Phi) is 10.6. The number of carbonyl (C=O) groups is 1. The van der Waals surface area contributed by atoms with E-state index < -0.39 is 11.0 Å². The van der Waals surface area contributed by atoms with E-state index in [0.717, 1.165) is 12.0 Å². The maximum atomic E-state index is 13.6. The van der Waals surface area contributed by atoms with Gasteiger partial charge in [0.15, 0.2) is 0 Å². The molecule has 1 aliphatic rings. The number of amides is 1. The Morgan fingerprint density at radius 1 is 1.07 bits per heavy atom. The van der Waals surface area contributed by atoms with E-state index in [1.807, 2.05) is 0 Å². The minimum atomic E-state index is -0.557. The molecule has 44 heavy (non-hydrogen) atoms. The van der Waals surface area contributed by atoms with Crippen molar-refractivity contribution < 1.29 is 9.72 Å². The zero-order chi connectivity index (χ0) is 30.9. The average Bonchev–Trinajstić information content (AvgIpc) is 3.57. The number of nitro benzene ring substituents is 1. The van der Waals surface area contributed by atoms with Gasteiger partial charge in [-0.1, -0.05) is 73.5 Å². The molecule has 5 rings (SSSR count). The Morgan fingerprint density at radius 2 is 1.91 bits per heavy atom. The summed E-state index contributed by atoms with van der Waals surface area (Å²) < 4.78 is 1.74. The number of hydrogen-bond acceptors (Lipinski definition) is 8. The summed E-state index contributed by atoms with van der Waals surface area (Å²) in [6.45, 7) is 0.526. The Labute approximate surface area is 265 Å². The van der Waals surface area contributed by atoms with E-state index in [-0.39, 0.29) is 24.7 Å². The normalized spacial score (nSPS) is 14.1. The molecule has 13 heteroatoms. The van der Waals surface area contributed by atoms with Crippen molar-refractivity contribution in [1.82, 2.24) is 24.8 Å². The first-order valence-corrected chi connectivity index (χ1v) is 15.4. The van der Waals surface area contributed by atoms with Gasteiger partial charge in [0, 0.05) is 53.7 Å². The maximum absolute atomic E-state index is 13.6. The van der Waals surface area contributed by atoms with E-state index in [2.05, 4.69) is 30.9 Å². The van der Waals surface area contributed by atoms with E-state index in [9.17, 15) is 14.9 Å². The molecule has 4 aromatic rings. The van der Waals surface area contributed by atoms with Gasteiger partial charge in [0.1, 0.15) is 24.0 Å². The quantitative estimate of drug-likeness (QED) is 0.106. The number of rotatable bonds is 13. The van der Waals surface area contributed by atoms with Gasteiger partial charge in [-0.3, -0.25) is 19.5 Å². The zero-order valence-electron chi connectivity index (χ0n) is 24.1. The minimum absolute atomic E-state index is 0.00597. The molecule has 0 radical (unpaired) electrons. The lowest BCUT2D eigenvalue weighted by atomic mass is 9.85. The highest BCUT2D eigenvalue weighted by atomic mass is 35.5. The molecule has 1 aliphatic carbocycles. The van der Waals surface area contributed by atoms with Gasteiger partial charge in [-0.15, -0.1) is 0 Å². The molecule has 0 aliphatic heterocycles. The molecule has 2 aromatic heterocycles. The molecule has 2 aromatic carbocycles. The highest BCUT2D eigenvalue weighted by Gasteiger charge is 2.23. The van der Waals surface area contributed by atoms with Crippen LogP contribution in [0.5, 0.6) is 0 Å². The lowest BCUT2D eigenvalue weighted by Crippen LogP contribution is -2.40. The number of anilines is 2. The summed E-state index contributed by atoms with van der Waals surface area (Å²) >= 11 is 12.4. The summed E-state index contributed by atoms with van der Waals surface area (Å²) in [4.78, 5) is 37.8. The van der Waals surface area contributed by atoms with Crippen LogP contribution < -0.4 is 16.0 Å². The lowest BCUT2D eigenvalue weighted by molar-refractivity contribution is -0.384. The van der Waals surface area contributed by atoms with E-state index in [1.54, 1.807) is 59.7 Å². The second-order valence-electron chi connectivity index (χ2n) is 10.9. The summed E-state index contributed by atoms with van der Waals surface area (Å²) in [5.41, 5.74) is 1.48. The standard InChI is InChI=1S/C31H34Cl2N8O3/c32-24-11-10-23(26(33)16-24)19-35-30(42)27(12-9-21-5-2-1-3-6-21)37-28-17-29(40-14-13-34-20-40)39-31(38-28)36-18-22-7-4-8-25(15-22)41(43)44/h4,7-8,10-11,13-17,20-21,27H,1-3,5-6,9,12,18-19H2,(H,35,42)(H2,36,37,38,39)/t27-/m1/s1. The van der Waals surface area contributed by atoms with Crippen LogP contribution in [0.3, 0.4) is 0 Å². The molecule has 1 amide bonds. The second-order valence-corrected chi connectivity index (χ2v) is 11.8. The third-order valence-corrected chi connectivity index (χ3v) is 8.34. The molecule has 1 atom stereocenters. The number of halogens is 2. The SMILES string of the molecule is O=C(NCc1ccc(Cl)cc1Cl)[C@@H](CCC1CCCCC1)Nc1cc(-n2ccnc2)nc(NCc2cccc([N+](=O)[O-])c2)n1. The van der Waals surface area contributed by atoms with Crippen LogP contribution in [-0.2, 0) is 17.9 Å². The monoisotopic (exact) mass is 636 g/mol. The number of hydrogen-bond donors (Lipinski definition) is 3. The van der Waals surface area contributed by atoms with Crippen molar-refractivity contribution in [1.29, 1.82) is 0 Å². The lowest BCUT2D eigenvalue weighted by Gasteiger charge is -2.25. The number of nitrogens with one attached hydrogen (secondary N) is 3. The summed E-state index contributed by atoms with van der Waals surface area (Å²) in [6.07, 6.45) is 12.7. The Bertz CT molecular complexity index is 1580. The van der Waals surface area contributed by atoms with Gasteiger partial charge in [-0.05, 0) is 42.0 Å². The van der Waals surface area contributed by atoms with Crippen molar-refractivity contribution >= 4 is 46.6 Å². The Hall–Kier alpha value is -4.22. The van der Waals surface area contributed by atoms with Crippen LogP contribution in [0.15, 0.2) is 67.3 Å². The van der Waals surface area contributed by atoms with Crippen molar-refractivity contribution in [2.75, 3.05) is 10.6 Å². The summed E-state index contributed by atoms with van der Waals surface area (Å²) in [5, 5.41) is 21.8. The van der Waals surface area contributed by atoms with E-state index in [1.165, 1.54) is 44.2 Å². The maximum Gasteiger partial charge on any atom is 0.269 e. The first-order valence-electron chi connectivity index (χ1n) is 14.7. The van der Waals surface area contributed by atoms with Crippen LogP contribution in [-0.4, -0.2) is 36.4 Å². The molecule has 1 saturated carbocycles. The third-order valence-electron chi connectivity index (χ3n) is 7.75. The van der Waals surface area contributed by atoms with Crippen molar-refractivity contribution in [3.63, 3.8) is 0 Å². The molecule has 0 bridgehead atoms. The summed E-state index contributed by atoms with van der Waals surface area (Å²) in [5.74, 6) is 1.72. The van der Waals surface area contributed by atoms with E-state index >= 15 is 0 Å². The molecule has 2 heterocycles. The van der Waals surface area contributed by atoms with Crippen LogP contribution in [0.1, 0.15) is 56.1 Å². The van der Waals surface area contributed by atoms with Crippen molar-refractivity contribution in [3.8, 4) is 5.82 Å². The van der Waals surface area contributed by atoms with E-state index in [0.29, 0.717) is 45.5 Å². The van der Waals surface area contributed by atoms with E-state index in [4.69, 9.17) is 23.2 Å². The van der Waals surface area contributed by atoms with Crippen LogP contribution in [0.2, 0.25) is 10.0 Å². The molecule has 3 N–H and O–H groups in total. The highest BCUT2D eigenvalue weighted by molar-refractivity contribution is 6.35. The molecule has 0 saturated heterocycles. The average molecular weight is 638 g/mol. The number of imidazole rings is 1. The molecular weight excluding hydrogens is 603 g/mol. The Morgan fingerprint density at radius 3 is 2.66 bits per heavy atom. The van der Waals surface area contributed by atoms with Crippen LogP contribution in [0, 0.1) is 16.0 Å². The van der Waals surface area contributed by atoms with Crippen LogP contribution >= 0.6 is 23.2 Å². The summed E-state index contributed by atoms with van der Waals surface area (Å²) in [7, 11) is 0. The fraction of sp³-hybridized carbons (Fsp3) is 0.355. The first kappa shape index (κ1) is 31.2. The molecule has 0 spiro atoms. The van der Waals surface area contributed by atoms with Crippen LogP contribution in [0.4, 0.5) is 17.5 Å². The number of non-ortho nitro benzene ring substituents is 1. The fourth-order valence-electron chi connectivity index (χ4n) is 5.37. The minimum Gasteiger partial charge on any atom is -0.358 e. The number of carbonyl (C=O) groups excluding carboxylic acids is 1. The van der Waals surface area contributed by atoms with Gasteiger partial charge < -0.3 is 16.0 Å². The van der Waals surface area contributed by atoms with Gasteiger partial charge in [-0.2, -0.15) is 9.97 Å². The fourth-order valence-corrected chi connectivity index (χ4v) is 5.85. The molecular formula is C31H34Cl2N8O3. The van der Waals surface area contributed by atoms with Gasteiger partial charge >= 0.3 is 0 Å². The third kappa shape index (κ3) is 8.67. The van der Waals surface area contributed by atoms with Crippen molar-refractivity contribution in [3.05, 3.63) is 98.5 Å². The molecule has 1 fully saturated rings. The predicted octanol–water partition coefficient (Wildman–Crippen LogP) is 6.95. The van der Waals surface area contributed by atoms with Crippen LogP contribution in [0.25, 0.3) is 5.82 Å². The van der Waals surface area contributed by atoms with Crippen molar-refractivity contribution in [2.24, 2.45) is 5.92 Å². The summed E-state index contributed by atoms with van der Waals surface area (Å²) in [6, 6.07) is 12.8. The molecule has 0 unspecified atom stereocenters.